The van der Waals surface area contributed by atoms with Gasteiger partial charge in [0.2, 0.25) is 0 Å². The first-order chi connectivity index (χ1) is 13.4. The zero-order chi connectivity index (χ0) is 23.1. The SMILES string of the molecule is CC(C)(C)CPc1nc2c([Si](C)(C)C)ccc([Si](C)(C)C)c2nc1PCC(C)(C)C. The van der Waals surface area contributed by atoms with Crippen LogP contribution in [0.1, 0.15) is 41.5 Å². The molecule has 0 N–H and O–H groups in total. The van der Waals surface area contributed by atoms with Crippen LogP contribution in [0.5, 0.6) is 0 Å². The van der Waals surface area contributed by atoms with Crippen LogP contribution in [0.25, 0.3) is 11.0 Å². The summed E-state index contributed by atoms with van der Waals surface area (Å²) in [6.45, 7) is 28.6. The number of hydrogen-bond donors (Lipinski definition) is 0. The van der Waals surface area contributed by atoms with Gasteiger partial charge in [0.15, 0.2) is 0 Å². The van der Waals surface area contributed by atoms with Gasteiger partial charge in [-0.2, -0.15) is 0 Å². The second kappa shape index (κ2) is 9.01. The second-order valence-electron chi connectivity index (χ2n) is 13.1. The van der Waals surface area contributed by atoms with E-state index in [1.807, 2.05) is 0 Å². The first-order valence-corrected chi connectivity index (χ1v) is 20.6. The largest absolute Gasteiger partial charge is 0.245 e. The van der Waals surface area contributed by atoms with Crippen LogP contribution in [0.3, 0.4) is 0 Å². The molecule has 0 spiro atoms. The summed E-state index contributed by atoms with van der Waals surface area (Å²) in [6.07, 6.45) is 2.35. The van der Waals surface area contributed by atoms with Gasteiger partial charge in [-0.15, -0.1) is 0 Å². The van der Waals surface area contributed by atoms with Crippen molar-refractivity contribution in [3.8, 4) is 0 Å². The second-order valence-corrected chi connectivity index (χ2v) is 25.5. The Labute approximate surface area is 191 Å². The molecule has 0 radical (unpaired) electrons. The van der Waals surface area contributed by atoms with Crippen LogP contribution >= 0.6 is 17.2 Å². The number of aromatic nitrogens is 2. The lowest BCUT2D eigenvalue weighted by atomic mass is 10.0. The molecule has 1 heterocycles. The quantitative estimate of drug-likeness (QED) is 0.409. The van der Waals surface area contributed by atoms with Gasteiger partial charge in [0, 0.05) is 0 Å². The van der Waals surface area contributed by atoms with Crippen LogP contribution in [-0.2, 0) is 0 Å². The Morgan fingerprint density at radius 2 is 0.933 bits per heavy atom. The lowest BCUT2D eigenvalue weighted by Gasteiger charge is -2.26. The summed E-state index contributed by atoms with van der Waals surface area (Å²) in [5, 5.41) is 2.94. The Kier molecular flexibility index (Phi) is 7.84. The lowest BCUT2D eigenvalue weighted by molar-refractivity contribution is 0.479. The van der Waals surface area contributed by atoms with Gasteiger partial charge in [0.1, 0.15) is 0 Å². The molecular weight excluding hydrogens is 434 g/mol. The van der Waals surface area contributed by atoms with E-state index in [2.05, 4.69) is 93.0 Å². The number of nitrogens with zero attached hydrogens (tertiary/aromatic N) is 2. The van der Waals surface area contributed by atoms with E-state index in [0.717, 1.165) is 17.2 Å². The third-order valence-corrected chi connectivity index (χ3v) is 13.1. The molecule has 0 fully saturated rings. The number of hydrogen-bond acceptors (Lipinski definition) is 2. The molecule has 2 rings (SSSR count). The molecule has 6 heteroatoms. The highest BCUT2D eigenvalue weighted by molar-refractivity contribution is 7.54. The predicted molar refractivity (Wildman–Crippen MR) is 150 cm³/mol. The topological polar surface area (TPSA) is 25.8 Å². The van der Waals surface area contributed by atoms with Crippen LogP contribution in [-0.4, -0.2) is 38.4 Å². The van der Waals surface area contributed by atoms with Crippen LogP contribution in [0, 0.1) is 10.8 Å². The van der Waals surface area contributed by atoms with Crippen molar-refractivity contribution in [3.63, 3.8) is 0 Å². The number of rotatable bonds is 6. The van der Waals surface area contributed by atoms with E-state index in [-0.39, 0.29) is 0 Å². The summed E-state index contributed by atoms with van der Waals surface area (Å²) >= 11 is 0. The van der Waals surface area contributed by atoms with Gasteiger partial charge in [-0.1, -0.05) is 110 Å². The van der Waals surface area contributed by atoms with E-state index in [9.17, 15) is 0 Å². The van der Waals surface area contributed by atoms with Crippen LogP contribution in [0.15, 0.2) is 12.1 Å². The summed E-state index contributed by atoms with van der Waals surface area (Å²) in [5.41, 5.74) is 5.65. The average molecular weight is 479 g/mol. The molecule has 0 saturated carbocycles. The molecule has 0 saturated heterocycles. The molecule has 0 aliphatic heterocycles. The maximum Gasteiger partial charge on any atom is 0.0886 e. The summed E-state index contributed by atoms with van der Waals surface area (Å²) in [6, 6.07) is 4.79. The van der Waals surface area contributed by atoms with E-state index < -0.39 is 16.1 Å². The summed E-state index contributed by atoms with van der Waals surface area (Å²) in [4.78, 5) is 10.9. The molecule has 2 atom stereocenters. The van der Waals surface area contributed by atoms with E-state index in [0.29, 0.717) is 10.8 Å². The molecule has 30 heavy (non-hydrogen) atoms. The van der Waals surface area contributed by atoms with Gasteiger partial charge in [0.25, 0.3) is 0 Å². The highest BCUT2D eigenvalue weighted by Crippen LogP contribution is 2.28. The Balaban J connectivity index is 2.77. The minimum absolute atomic E-state index is 0.321. The Morgan fingerprint density at radius 1 is 0.633 bits per heavy atom. The van der Waals surface area contributed by atoms with Crippen molar-refractivity contribution < 1.29 is 0 Å². The summed E-state index contributed by atoms with van der Waals surface area (Å²) < 4.78 is 0. The minimum Gasteiger partial charge on any atom is -0.245 e. The molecule has 0 bridgehead atoms. The van der Waals surface area contributed by atoms with Crippen LogP contribution in [0.2, 0.25) is 39.3 Å². The van der Waals surface area contributed by atoms with Crippen molar-refractivity contribution in [3.05, 3.63) is 12.1 Å². The molecular formula is C24H44N2P2Si2. The summed E-state index contributed by atoms with van der Waals surface area (Å²) in [5.74, 6) is 0. The van der Waals surface area contributed by atoms with Gasteiger partial charge < -0.3 is 0 Å². The van der Waals surface area contributed by atoms with Crippen molar-refractivity contribution in [2.75, 3.05) is 12.3 Å². The minimum atomic E-state index is -1.51. The number of fused-ring (bicyclic) bond motifs is 1. The Morgan fingerprint density at radius 3 is 1.17 bits per heavy atom. The van der Waals surface area contributed by atoms with Gasteiger partial charge in [0.05, 0.1) is 38.1 Å². The predicted octanol–water partition coefficient (Wildman–Crippen LogP) is 5.42. The average Bonchev–Trinajstić information content (AvgIpc) is 2.53. The molecule has 2 unspecified atom stereocenters. The third-order valence-electron chi connectivity index (χ3n) is 5.01. The molecule has 1 aromatic heterocycles. The van der Waals surface area contributed by atoms with Gasteiger partial charge >= 0.3 is 0 Å². The zero-order valence-electron chi connectivity index (χ0n) is 21.5. The zero-order valence-corrected chi connectivity index (χ0v) is 25.5. The molecule has 0 aliphatic rings. The van der Waals surface area contributed by atoms with E-state index in [1.165, 1.54) is 44.6 Å². The fourth-order valence-electron chi connectivity index (χ4n) is 3.29. The Bertz CT molecular complexity index is 825. The highest BCUT2D eigenvalue weighted by atomic mass is 31.1. The Hall–Kier alpha value is -0.146. The van der Waals surface area contributed by atoms with Crippen LogP contribution in [0.4, 0.5) is 0 Å². The molecule has 168 valence electrons. The normalized spacial score (nSPS) is 14.7. The smallest absolute Gasteiger partial charge is 0.0886 e. The maximum absolute atomic E-state index is 5.43. The first kappa shape index (κ1) is 26.1. The van der Waals surface area contributed by atoms with E-state index in [4.69, 9.17) is 9.97 Å². The highest BCUT2D eigenvalue weighted by Gasteiger charge is 2.28. The molecule has 2 aromatic rings. The van der Waals surface area contributed by atoms with Gasteiger partial charge in [-0.25, -0.2) is 9.97 Å². The lowest BCUT2D eigenvalue weighted by Crippen LogP contribution is -2.45. The van der Waals surface area contributed by atoms with Crippen molar-refractivity contribution in [1.29, 1.82) is 0 Å². The van der Waals surface area contributed by atoms with Crippen LogP contribution < -0.4 is 21.2 Å². The molecule has 2 nitrogen and oxygen atoms in total. The fraction of sp³-hybridized carbons (Fsp3) is 0.667. The first-order valence-electron chi connectivity index (χ1n) is 11.2. The number of benzene rings is 1. The molecule has 0 aliphatic carbocycles. The van der Waals surface area contributed by atoms with Crippen molar-refractivity contribution >= 4 is 65.6 Å². The fourth-order valence-corrected chi connectivity index (χ4v) is 8.98. The van der Waals surface area contributed by atoms with Crippen molar-refractivity contribution in [2.45, 2.75) is 80.8 Å². The monoisotopic (exact) mass is 478 g/mol. The molecule has 0 amide bonds. The van der Waals surface area contributed by atoms with E-state index in [1.54, 1.807) is 0 Å². The maximum atomic E-state index is 5.43. The molecule has 1 aromatic carbocycles. The van der Waals surface area contributed by atoms with E-state index >= 15 is 0 Å². The third kappa shape index (κ3) is 7.19. The van der Waals surface area contributed by atoms with Crippen molar-refractivity contribution in [1.82, 2.24) is 9.97 Å². The summed E-state index contributed by atoms with van der Waals surface area (Å²) in [7, 11) is -1.55. The van der Waals surface area contributed by atoms with Crippen molar-refractivity contribution in [2.24, 2.45) is 10.8 Å². The van der Waals surface area contributed by atoms with Gasteiger partial charge in [-0.3, -0.25) is 0 Å². The standard InChI is InChI=1S/C24H44N2P2Si2/c1-23(2,3)15-27-21-22(28-16-24(4,5)6)26-20-18(30(10,11)12)14-13-17(19(20)25-21)29(7,8)9/h13-14,27-28H,15-16H2,1-12H3. The van der Waals surface area contributed by atoms with Gasteiger partial charge in [-0.05, 0) is 33.5 Å².